The number of aromatic nitrogens is 2. The van der Waals surface area contributed by atoms with E-state index in [1.54, 1.807) is 27.5 Å². The minimum atomic E-state index is -0.461. The Morgan fingerprint density at radius 2 is 1.97 bits per heavy atom. The van der Waals surface area contributed by atoms with Gasteiger partial charge in [0.05, 0.1) is 19.8 Å². The largest absolute Gasteiger partial charge is 0.378 e. The molecule has 2 aromatic rings. The van der Waals surface area contributed by atoms with E-state index in [1.807, 2.05) is 13.0 Å². The van der Waals surface area contributed by atoms with Gasteiger partial charge in [0.15, 0.2) is 0 Å². The molecule has 1 saturated heterocycles. The number of amides is 3. The average Bonchev–Trinajstić information content (AvgIpc) is 3.24. The highest BCUT2D eigenvalue weighted by Crippen LogP contribution is 2.10. The third-order valence-electron chi connectivity index (χ3n) is 5.11. The number of fused-ring (bicyclic) bond motifs is 1. The molecule has 0 radical (unpaired) electrons. The van der Waals surface area contributed by atoms with Gasteiger partial charge in [0, 0.05) is 25.8 Å². The summed E-state index contributed by atoms with van der Waals surface area (Å²) in [5.74, 6) is -0.540. The van der Waals surface area contributed by atoms with Crippen molar-refractivity contribution in [2.24, 2.45) is 5.92 Å². The smallest absolute Gasteiger partial charge is 0.271 e. The molecule has 2 aromatic heterocycles. The van der Waals surface area contributed by atoms with E-state index >= 15 is 0 Å². The molecule has 9 heteroatoms. The highest BCUT2D eigenvalue weighted by molar-refractivity contribution is 5.97. The second-order valence-corrected chi connectivity index (χ2v) is 7.56. The van der Waals surface area contributed by atoms with Crippen LogP contribution in [0.2, 0.25) is 0 Å². The topological polar surface area (TPSA) is 105 Å². The Morgan fingerprint density at radius 1 is 1.19 bits per heavy atom. The first-order valence-corrected chi connectivity index (χ1v) is 10.5. The summed E-state index contributed by atoms with van der Waals surface area (Å²) < 4.78 is 6.81. The third kappa shape index (κ3) is 5.91. The summed E-state index contributed by atoms with van der Waals surface area (Å²) in [5, 5.41) is 5.54. The summed E-state index contributed by atoms with van der Waals surface area (Å²) in [6.45, 7) is 6.53. The van der Waals surface area contributed by atoms with Crippen molar-refractivity contribution in [2.45, 2.75) is 20.3 Å². The van der Waals surface area contributed by atoms with Gasteiger partial charge in [-0.05, 0) is 31.4 Å². The molecule has 2 N–H and O–H groups in total. The zero-order valence-electron chi connectivity index (χ0n) is 18.0. The molecule has 166 valence electrons. The molecule has 1 aliphatic heterocycles. The predicted molar refractivity (Wildman–Crippen MR) is 116 cm³/mol. The molecule has 3 rings (SSSR count). The Balaban J connectivity index is 1.63. The van der Waals surface area contributed by atoms with E-state index in [9.17, 15) is 14.4 Å². The first-order chi connectivity index (χ1) is 15.0. The van der Waals surface area contributed by atoms with Gasteiger partial charge < -0.3 is 20.3 Å². The molecule has 1 fully saturated rings. The number of pyridine rings is 1. The molecule has 1 aliphatic rings. The van der Waals surface area contributed by atoms with Crippen LogP contribution in [0, 0.1) is 5.92 Å². The Bertz CT molecular complexity index is 962. The number of rotatable bonds is 8. The summed E-state index contributed by atoms with van der Waals surface area (Å²) in [6.07, 6.45) is 6.47. The number of nitrogens with zero attached hydrogens (tertiary/aromatic N) is 3. The zero-order chi connectivity index (χ0) is 22.2. The lowest BCUT2D eigenvalue weighted by Crippen LogP contribution is -2.45. The van der Waals surface area contributed by atoms with Crippen molar-refractivity contribution in [2.75, 3.05) is 39.4 Å². The fraction of sp³-hybridized carbons (Fsp3) is 0.455. The van der Waals surface area contributed by atoms with Crippen LogP contribution in [0.3, 0.4) is 0 Å². The molecule has 3 amide bonds. The Kier molecular flexibility index (Phi) is 7.77. The van der Waals surface area contributed by atoms with Gasteiger partial charge in [0.25, 0.3) is 11.8 Å². The van der Waals surface area contributed by atoms with E-state index in [0.29, 0.717) is 50.1 Å². The molecule has 31 heavy (non-hydrogen) atoms. The monoisotopic (exact) mass is 427 g/mol. The highest BCUT2D eigenvalue weighted by atomic mass is 16.5. The maximum Gasteiger partial charge on any atom is 0.271 e. The number of allylic oxidation sites excluding steroid dienone is 2. The van der Waals surface area contributed by atoms with Crippen molar-refractivity contribution in [1.82, 2.24) is 24.9 Å². The fourth-order valence-corrected chi connectivity index (χ4v) is 3.29. The first-order valence-electron chi connectivity index (χ1n) is 10.5. The van der Waals surface area contributed by atoms with Crippen molar-refractivity contribution >= 4 is 23.4 Å². The van der Waals surface area contributed by atoms with Gasteiger partial charge in [-0.3, -0.25) is 18.8 Å². The molecule has 3 heterocycles. The second-order valence-electron chi connectivity index (χ2n) is 7.56. The van der Waals surface area contributed by atoms with E-state index in [2.05, 4.69) is 28.6 Å². The summed E-state index contributed by atoms with van der Waals surface area (Å²) in [6, 6.07) is 5.13. The quantitative estimate of drug-likeness (QED) is 0.617. The molecule has 0 spiro atoms. The van der Waals surface area contributed by atoms with Crippen LogP contribution in [0.25, 0.3) is 5.65 Å². The van der Waals surface area contributed by atoms with Gasteiger partial charge in [-0.15, -0.1) is 0 Å². The third-order valence-corrected chi connectivity index (χ3v) is 5.11. The summed E-state index contributed by atoms with van der Waals surface area (Å²) in [7, 11) is 0. The zero-order valence-corrected chi connectivity index (χ0v) is 18.0. The van der Waals surface area contributed by atoms with Crippen LogP contribution in [0.15, 0.2) is 36.5 Å². The van der Waals surface area contributed by atoms with Crippen LogP contribution in [-0.4, -0.2) is 71.4 Å². The molecule has 0 saturated carbocycles. The molecular weight excluding hydrogens is 398 g/mol. The Labute approximate surface area is 181 Å². The average molecular weight is 428 g/mol. The minimum Gasteiger partial charge on any atom is -0.378 e. The number of hydrogen-bond acceptors (Lipinski definition) is 5. The van der Waals surface area contributed by atoms with Gasteiger partial charge in [-0.1, -0.05) is 25.1 Å². The lowest BCUT2D eigenvalue weighted by Gasteiger charge is -2.26. The van der Waals surface area contributed by atoms with Crippen molar-refractivity contribution in [3.8, 4) is 0 Å². The van der Waals surface area contributed by atoms with Crippen LogP contribution in [0.1, 0.15) is 41.2 Å². The summed E-state index contributed by atoms with van der Waals surface area (Å²) in [4.78, 5) is 43.3. The van der Waals surface area contributed by atoms with Crippen LogP contribution < -0.4 is 10.6 Å². The standard InChI is InChI=1S/C22H29N5O4/c1-3-4-6-16(2)13-23-22(30)18-7-5-8-19-25-17(15-27(18)19)21(29)24-14-20(28)26-9-11-31-12-10-26/h3-5,7-8,15-16H,6,9-14H2,1-2H3,(H,23,30)(H,24,29)/b4-3-. The van der Waals surface area contributed by atoms with E-state index < -0.39 is 5.91 Å². The molecule has 1 unspecified atom stereocenters. The van der Waals surface area contributed by atoms with E-state index in [4.69, 9.17) is 4.74 Å². The second kappa shape index (κ2) is 10.7. The van der Waals surface area contributed by atoms with Crippen LogP contribution in [-0.2, 0) is 9.53 Å². The van der Waals surface area contributed by atoms with Gasteiger partial charge in [-0.25, -0.2) is 4.98 Å². The van der Waals surface area contributed by atoms with E-state index in [1.165, 1.54) is 6.20 Å². The summed E-state index contributed by atoms with van der Waals surface area (Å²) >= 11 is 0. The number of imidazole rings is 1. The summed E-state index contributed by atoms with van der Waals surface area (Å²) in [5.41, 5.74) is 1.03. The molecule has 0 aliphatic carbocycles. The normalized spacial score (nSPS) is 15.2. The van der Waals surface area contributed by atoms with Crippen LogP contribution in [0.4, 0.5) is 0 Å². The number of carbonyl (C=O) groups is 3. The molecule has 1 atom stereocenters. The fourth-order valence-electron chi connectivity index (χ4n) is 3.29. The van der Waals surface area contributed by atoms with Gasteiger partial charge in [0.1, 0.15) is 17.0 Å². The number of hydrogen-bond donors (Lipinski definition) is 2. The number of morpholine rings is 1. The number of carbonyl (C=O) groups excluding carboxylic acids is 3. The molecule has 0 aromatic carbocycles. The lowest BCUT2D eigenvalue weighted by molar-refractivity contribution is -0.134. The SMILES string of the molecule is C/C=C\CC(C)CNC(=O)c1cccc2nc(C(=O)NCC(=O)N3CCOCC3)cn12. The predicted octanol–water partition coefficient (Wildman–Crippen LogP) is 1.26. The number of nitrogens with one attached hydrogen (secondary N) is 2. The van der Waals surface area contributed by atoms with Gasteiger partial charge >= 0.3 is 0 Å². The van der Waals surface area contributed by atoms with Gasteiger partial charge in [0.2, 0.25) is 5.91 Å². The van der Waals surface area contributed by atoms with Crippen molar-refractivity contribution in [3.63, 3.8) is 0 Å². The molecular formula is C22H29N5O4. The Hall–Kier alpha value is -3.20. The lowest BCUT2D eigenvalue weighted by atomic mass is 10.1. The first kappa shape index (κ1) is 22.5. The van der Waals surface area contributed by atoms with Crippen LogP contribution >= 0.6 is 0 Å². The molecule has 0 bridgehead atoms. The Morgan fingerprint density at radius 3 is 2.71 bits per heavy atom. The maximum absolute atomic E-state index is 12.7. The van der Waals surface area contributed by atoms with Crippen molar-refractivity contribution in [3.05, 3.63) is 47.9 Å². The minimum absolute atomic E-state index is 0.107. The van der Waals surface area contributed by atoms with E-state index in [0.717, 1.165) is 6.42 Å². The van der Waals surface area contributed by atoms with Crippen molar-refractivity contribution in [1.29, 1.82) is 0 Å². The number of ether oxygens (including phenoxy) is 1. The van der Waals surface area contributed by atoms with Crippen LogP contribution in [0.5, 0.6) is 0 Å². The maximum atomic E-state index is 12.7. The highest BCUT2D eigenvalue weighted by Gasteiger charge is 2.19. The van der Waals surface area contributed by atoms with Crippen molar-refractivity contribution < 1.29 is 19.1 Å². The van der Waals surface area contributed by atoms with E-state index in [-0.39, 0.29) is 24.1 Å². The van der Waals surface area contributed by atoms with Gasteiger partial charge in [-0.2, -0.15) is 0 Å². The molecule has 9 nitrogen and oxygen atoms in total.